The van der Waals surface area contributed by atoms with Crippen molar-refractivity contribution in [3.05, 3.63) is 64.7 Å². The van der Waals surface area contributed by atoms with Gasteiger partial charge in [0.05, 0.1) is 6.54 Å². The Balaban J connectivity index is 1.68. The molecule has 2 amide bonds. The average molecular weight is 312 g/mol. The topological polar surface area (TPSA) is 50.4 Å². The van der Waals surface area contributed by atoms with E-state index in [0.717, 1.165) is 22.4 Å². The number of hydrogen-bond acceptors (Lipinski definition) is 2. The molecule has 0 aliphatic heterocycles. The van der Waals surface area contributed by atoms with Crippen molar-refractivity contribution < 1.29 is 9.53 Å². The molecule has 0 atom stereocenters. The third-order valence-electron chi connectivity index (χ3n) is 3.62. The Bertz CT molecular complexity index is 631. The molecule has 23 heavy (non-hydrogen) atoms. The summed E-state index contributed by atoms with van der Waals surface area (Å²) in [5, 5.41) is 5.63. The van der Waals surface area contributed by atoms with Crippen molar-refractivity contribution >= 4 is 6.03 Å². The van der Waals surface area contributed by atoms with Crippen molar-refractivity contribution in [3.8, 4) is 5.75 Å². The molecular formula is C19H24N2O2. The lowest BCUT2D eigenvalue weighted by Gasteiger charge is -2.12. The van der Waals surface area contributed by atoms with Crippen molar-refractivity contribution in [1.82, 2.24) is 10.6 Å². The molecule has 0 heterocycles. The molecule has 122 valence electrons. The van der Waals surface area contributed by atoms with Gasteiger partial charge in [-0.15, -0.1) is 0 Å². The fourth-order valence-electron chi connectivity index (χ4n) is 2.30. The van der Waals surface area contributed by atoms with Gasteiger partial charge in [0.2, 0.25) is 0 Å². The van der Waals surface area contributed by atoms with E-state index in [2.05, 4.69) is 10.6 Å². The molecule has 4 heteroatoms. The Kier molecular flexibility index (Phi) is 6.03. The predicted octanol–water partition coefficient (Wildman–Crippen LogP) is 3.49. The van der Waals surface area contributed by atoms with E-state index in [0.29, 0.717) is 19.7 Å². The summed E-state index contributed by atoms with van der Waals surface area (Å²) >= 11 is 0. The second kappa shape index (κ2) is 8.22. The first-order valence-electron chi connectivity index (χ1n) is 7.82. The van der Waals surface area contributed by atoms with Crippen LogP contribution in [0.3, 0.4) is 0 Å². The standard InChI is InChI=1S/C19H24N2O2/c1-14-7-9-17(10-8-14)13-21-19(22)20-11-12-23-18-15(2)5-4-6-16(18)3/h4-10H,11-13H2,1-3H3,(H2,20,21,22). The number of carbonyl (C=O) groups excluding carboxylic acids is 1. The van der Waals surface area contributed by atoms with E-state index in [-0.39, 0.29) is 6.03 Å². The molecule has 2 aromatic rings. The van der Waals surface area contributed by atoms with E-state index < -0.39 is 0 Å². The third-order valence-corrected chi connectivity index (χ3v) is 3.62. The van der Waals surface area contributed by atoms with Crippen LogP contribution in [0.1, 0.15) is 22.3 Å². The summed E-state index contributed by atoms with van der Waals surface area (Å²) in [5.41, 5.74) is 4.50. The highest BCUT2D eigenvalue weighted by Gasteiger charge is 2.04. The predicted molar refractivity (Wildman–Crippen MR) is 92.8 cm³/mol. The van der Waals surface area contributed by atoms with Crippen LogP contribution >= 0.6 is 0 Å². The molecule has 0 saturated carbocycles. The molecule has 2 aromatic carbocycles. The maximum absolute atomic E-state index is 11.8. The van der Waals surface area contributed by atoms with E-state index in [4.69, 9.17) is 4.74 Å². The van der Waals surface area contributed by atoms with E-state index in [1.165, 1.54) is 5.56 Å². The highest BCUT2D eigenvalue weighted by molar-refractivity contribution is 5.73. The number of ether oxygens (including phenoxy) is 1. The van der Waals surface area contributed by atoms with Gasteiger partial charge in [-0.2, -0.15) is 0 Å². The number of urea groups is 1. The number of amides is 2. The molecule has 0 saturated heterocycles. The molecule has 0 bridgehead atoms. The van der Waals surface area contributed by atoms with Crippen molar-refractivity contribution in [2.24, 2.45) is 0 Å². The molecule has 0 aliphatic carbocycles. The first kappa shape index (κ1) is 16.9. The zero-order valence-electron chi connectivity index (χ0n) is 14.0. The second-order valence-electron chi connectivity index (χ2n) is 5.66. The fraction of sp³-hybridized carbons (Fsp3) is 0.316. The monoisotopic (exact) mass is 312 g/mol. The Hall–Kier alpha value is -2.49. The minimum absolute atomic E-state index is 0.185. The number of para-hydroxylation sites is 1. The smallest absolute Gasteiger partial charge is 0.315 e. The Morgan fingerprint density at radius 2 is 1.61 bits per heavy atom. The van der Waals surface area contributed by atoms with Gasteiger partial charge in [0.15, 0.2) is 0 Å². The maximum Gasteiger partial charge on any atom is 0.315 e. The van der Waals surface area contributed by atoms with Crippen LogP contribution in [0.15, 0.2) is 42.5 Å². The number of nitrogens with one attached hydrogen (secondary N) is 2. The Morgan fingerprint density at radius 3 is 2.26 bits per heavy atom. The van der Waals surface area contributed by atoms with Gasteiger partial charge in [0, 0.05) is 6.54 Å². The van der Waals surface area contributed by atoms with Crippen LogP contribution in [-0.4, -0.2) is 19.2 Å². The van der Waals surface area contributed by atoms with Crippen LogP contribution < -0.4 is 15.4 Å². The summed E-state index contributed by atoms with van der Waals surface area (Å²) in [6.07, 6.45) is 0. The molecule has 2 rings (SSSR count). The lowest BCUT2D eigenvalue weighted by molar-refractivity contribution is 0.236. The zero-order valence-corrected chi connectivity index (χ0v) is 14.0. The lowest BCUT2D eigenvalue weighted by atomic mass is 10.1. The first-order valence-corrected chi connectivity index (χ1v) is 7.82. The van der Waals surface area contributed by atoms with Crippen LogP contribution in [0.4, 0.5) is 4.79 Å². The lowest BCUT2D eigenvalue weighted by Crippen LogP contribution is -2.37. The summed E-state index contributed by atoms with van der Waals surface area (Å²) in [5.74, 6) is 0.898. The highest BCUT2D eigenvalue weighted by Crippen LogP contribution is 2.21. The molecule has 0 aromatic heterocycles. The number of aryl methyl sites for hydroxylation is 3. The summed E-state index contributed by atoms with van der Waals surface area (Å²) in [7, 11) is 0. The molecule has 0 aliphatic rings. The van der Waals surface area contributed by atoms with Crippen LogP contribution in [-0.2, 0) is 6.54 Å². The van der Waals surface area contributed by atoms with Gasteiger partial charge in [-0.25, -0.2) is 4.79 Å². The fourth-order valence-corrected chi connectivity index (χ4v) is 2.30. The number of hydrogen-bond donors (Lipinski definition) is 2. The minimum atomic E-state index is -0.185. The summed E-state index contributed by atoms with van der Waals surface area (Å²) < 4.78 is 5.75. The van der Waals surface area contributed by atoms with Crippen LogP contribution in [0.2, 0.25) is 0 Å². The van der Waals surface area contributed by atoms with Crippen molar-refractivity contribution in [1.29, 1.82) is 0 Å². The van der Waals surface area contributed by atoms with Gasteiger partial charge in [0.1, 0.15) is 12.4 Å². The van der Waals surface area contributed by atoms with Gasteiger partial charge >= 0.3 is 6.03 Å². The van der Waals surface area contributed by atoms with Crippen LogP contribution in [0, 0.1) is 20.8 Å². The largest absolute Gasteiger partial charge is 0.491 e. The zero-order chi connectivity index (χ0) is 16.7. The SMILES string of the molecule is Cc1ccc(CNC(=O)NCCOc2c(C)cccc2C)cc1. The van der Waals surface area contributed by atoms with Gasteiger partial charge in [-0.3, -0.25) is 0 Å². The Labute approximate surface area is 137 Å². The number of benzene rings is 2. The van der Waals surface area contributed by atoms with Gasteiger partial charge in [0.25, 0.3) is 0 Å². The first-order chi connectivity index (χ1) is 11.1. The molecule has 0 unspecified atom stereocenters. The summed E-state index contributed by atoms with van der Waals surface area (Å²) in [6, 6.07) is 14.0. The number of carbonyl (C=O) groups is 1. The third kappa shape index (κ3) is 5.33. The average Bonchev–Trinajstić information content (AvgIpc) is 2.53. The maximum atomic E-state index is 11.8. The van der Waals surface area contributed by atoms with E-state index >= 15 is 0 Å². The highest BCUT2D eigenvalue weighted by atomic mass is 16.5. The normalized spacial score (nSPS) is 10.2. The van der Waals surface area contributed by atoms with E-state index in [9.17, 15) is 4.79 Å². The Morgan fingerprint density at radius 1 is 0.957 bits per heavy atom. The van der Waals surface area contributed by atoms with Crippen molar-refractivity contribution in [3.63, 3.8) is 0 Å². The van der Waals surface area contributed by atoms with Crippen LogP contribution in [0.25, 0.3) is 0 Å². The quantitative estimate of drug-likeness (QED) is 0.802. The van der Waals surface area contributed by atoms with Crippen molar-refractivity contribution in [2.45, 2.75) is 27.3 Å². The van der Waals surface area contributed by atoms with Gasteiger partial charge in [-0.05, 0) is 37.5 Å². The molecule has 0 fully saturated rings. The molecule has 0 radical (unpaired) electrons. The molecule has 4 nitrogen and oxygen atoms in total. The minimum Gasteiger partial charge on any atom is -0.491 e. The van der Waals surface area contributed by atoms with Gasteiger partial charge < -0.3 is 15.4 Å². The second-order valence-corrected chi connectivity index (χ2v) is 5.66. The van der Waals surface area contributed by atoms with Crippen molar-refractivity contribution in [2.75, 3.05) is 13.2 Å². The molecule has 0 spiro atoms. The molecule has 2 N–H and O–H groups in total. The van der Waals surface area contributed by atoms with Gasteiger partial charge in [-0.1, -0.05) is 48.0 Å². The summed E-state index contributed by atoms with van der Waals surface area (Å²) in [4.78, 5) is 11.8. The van der Waals surface area contributed by atoms with E-state index in [1.807, 2.05) is 63.2 Å². The molecular weight excluding hydrogens is 288 g/mol. The van der Waals surface area contributed by atoms with E-state index in [1.54, 1.807) is 0 Å². The summed E-state index contributed by atoms with van der Waals surface area (Å²) in [6.45, 7) is 7.51. The van der Waals surface area contributed by atoms with Crippen LogP contribution in [0.5, 0.6) is 5.75 Å². The number of rotatable bonds is 6.